The Bertz CT molecular complexity index is 846. The van der Waals surface area contributed by atoms with Gasteiger partial charge in [-0.25, -0.2) is 4.79 Å². The van der Waals surface area contributed by atoms with Crippen molar-refractivity contribution in [2.24, 2.45) is 0 Å². The summed E-state index contributed by atoms with van der Waals surface area (Å²) >= 11 is 0. The number of anilines is 1. The second kappa shape index (κ2) is 5.37. The van der Waals surface area contributed by atoms with E-state index in [-0.39, 0.29) is 17.0 Å². The van der Waals surface area contributed by atoms with E-state index in [9.17, 15) is 14.7 Å². The molecule has 22 heavy (non-hydrogen) atoms. The molecule has 0 atom stereocenters. The third-order valence-corrected chi connectivity index (χ3v) is 3.30. The van der Waals surface area contributed by atoms with Gasteiger partial charge in [-0.15, -0.1) is 0 Å². The predicted octanol–water partition coefficient (Wildman–Crippen LogP) is 3.69. The topological polar surface area (TPSA) is 79.5 Å². The van der Waals surface area contributed by atoms with Gasteiger partial charge >= 0.3 is 5.97 Å². The molecule has 110 valence electrons. The number of aryl methyl sites for hydroxylation is 1. The minimum Gasteiger partial charge on any atom is -0.478 e. The number of para-hydroxylation sites is 1. The van der Waals surface area contributed by atoms with Crippen molar-refractivity contribution in [2.75, 3.05) is 5.32 Å². The lowest BCUT2D eigenvalue weighted by Crippen LogP contribution is -2.14. The van der Waals surface area contributed by atoms with Gasteiger partial charge in [-0.05, 0) is 31.2 Å². The van der Waals surface area contributed by atoms with E-state index in [4.69, 9.17) is 4.42 Å². The van der Waals surface area contributed by atoms with Crippen LogP contribution in [0.25, 0.3) is 11.0 Å². The first-order valence-electron chi connectivity index (χ1n) is 6.68. The van der Waals surface area contributed by atoms with Crippen LogP contribution in [0.3, 0.4) is 0 Å². The smallest absolute Gasteiger partial charge is 0.337 e. The Labute approximate surface area is 126 Å². The van der Waals surface area contributed by atoms with Gasteiger partial charge in [0.25, 0.3) is 5.91 Å². The van der Waals surface area contributed by atoms with Gasteiger partial charge in [0, 0.05) is 5.39 Å². The minimum absolute atomic E-state index is 0.0458. The second-order valence-corrected chi connectivity index (χ2v) is 4.96. The highest BCUT2D eigenvalue weighted by atomic mass is 16.4. The van der Waals surface area contributed by atoms with Gasteiger partial charge in [0.15, 0.2) is 5.76 Å². The molecule has 3 aromatic rings. The van der Waals surface area contributed by atoms with E-state index < -0.39 is 11.9 Å². The minimum atomic E-state index is -1.09. The van der Waals surface area contributed by atoms with Gasteiger partial charge in [0.1, 0.15) is 5.58 Å². The molecular formula is C17H13NO4. The van der Waals surface area contributed by atoms with Gasteiger partial charge in [0.05, 0.1) is 11.3 Å². The van der Waals surface area contributed by atoms with Crippen LogP contribution in [0.5, 0.6) is 0 Å². The fraction of sp³-hybridized carbons (Fsp3) is 0.0588. The van der Waals surface area contributed by atoms with Crippen LogP contribution in [-0.4, -0.2) is 17.0 Å². The van der Waals surface area contributed by atoms with Crippen molar-refractivity contribution < 1.29 is 19.1 Å². The van der Waals surface area contributed by atoms with Crippen LogP contribution >= 0.6 is 0 Å². The largest absolute Gasteiger partial charge is 0.478 e. The number of hydrogen-bond donors (Lipinski definition) is 2. The zero-order chi connectivity index (χ0) is 15.7. The van der Waals surface area contributed by atoms with E-state index >= 15 is 0 Å². The summed E-state index contributed by atoms with van der Waals surface area (Å²) in [4.78, 5) is 23.5. The fourth-order valence-corrected chi connectivity index (χ4v) is 2.22. The molecule has 0 saturated carbocycles. The Morgan fingerprint density at radius 3 is 2.59 bits per heavy atom. The molecule has 0 unspecified atom stereocenters. The predicted molar refractivity (Wildman–Crippen MR) is 82.3 cm³/mol. The summed E-state index contributed by atoms with van der Waals surface area (Å²) < 4.78 is 5.47. The highest BCUT2D eigenvalue weighted by Crippen LogP contribution is 2.22. The molecule has 2 aromatic carbocycles. The molecule has 1 heterocycles. The van der Waals surface area contributed by atoms with Gasteiger partial charge < -0.3 is 14.8 Å². The van der Waals surface area contributed by atoms with Gasteiger partial charge in [-0.2, -0.15) is 0 Å². The fourth-order valence-electron chi connectivity index (χ4n) is 2.22. The van der Waals surface area contributed by atoms with Crippen LogP contribution in [0.15, 0.2) is 52.9 Å². The molecule has 1 aromatic heterocycles. The lowest BCUT2D eigenvalue weighted by molar-refractivity contribution is 0.0698. The summed E-state index contributed by atoms with van der Waals surface area (Å²) in [5.41, 5.74) is 1.70. The number of amides is 1. The Morgan fingerprint density at radius 1 is 1.09 bits per heavy atom. The third kappa shape index (κ3) is 2.56. The van der Waals surface area contributed by atoms with E-state index in [0.717, 1.165) is 10.9 Å². The number of furan rings is 1. The summed E-state index contributed by atoms with van der Waals surface area (Å²) in [6.07, 6.45) is 0. The molecule has 0 spiro atoms. The van der Waals surface area contributed by atoms with Gasteiger partial charge in [0.2, 0.25) is 0 Å². The molecule has 3 rings (SSSR count). The highest BCUT2D eigenvalue weighted by molar-refractivity contribution is 6.07. The Morgan fingerprint density at radius 2 is 1.86 bits per heavy atom. The average molecular weight is 295 g/mol. The van der Waals surface area contributed by atoms with E-state index in [0.29, 0.717) is 5.58 Å². The standard InChI is InChI=1S/C17H13NO4/c1-10-6-7-13(12(8-10)17(20)21)18-16(19)15-9-11-4-2-3-5-14(11)22-15/h2-9H,1H3,(H,18,19)(H,20,21). The maximum atomic E-state index is 12.2. The summed E-state index contributed by atoms with van der Waals surface area (Å²) in [5.74, 6) is -1.44. The van der Waals surface area contributed by atoms with Crippen molar-refractivity contribution in [1.29, 1.82) is 0 Å². The molecule has 5 nitrogen and oxygen atoms in total. The van der Waals surface area contributed by atoms with E-state index in [1.807, 2.05) is 18.2 Å². The summed E-state index contributed by atoms with van der Waals surface area (Å²) in [5, 5.41) is 12.6. The number of carboxylic acid groups (broad SMARTS) is 1. The maximum absolute atomic E-state index is 12.2. The van der Waals surface area contributed by atoms with Crippen molar-refractivity contribution in [3.63, 3.8) is 0 Å². The Balaban J connectivity index is 1.92. The Hall–Kier alpha value is -3.08. The summed E-state index contributed by atoms with van der Waals surface area (Å²) in [6.45, 7) is 1.79. The lowest BCUT2D eigenvalue weighted by Gasteiger charge is -2.08. The highest BCUT2D eigenvalue weighted by Gasteiger charge is 2.16. The number of benzene rings is 2. The molecule has 0 radical (unpaired) electrons. The average Bonchev–Trinajstić information content (AvgIpc) is 2.93. The maximum Gasteiger partial charge on any atom is 0.337 e. The van der Waals surface area contributed by atoms with Crippen LogP contribution in [-0.2, 0) is 0 Å². The first kappa shape index (κ1) is 13.9. The molecule has 0 fully saturated rings. The molecule has 2 N–H and O–H groups in total. The number of carboxylic acids is 1. The van der Waals surface area contributed by atoms with E-state index in [1.54, 1.807) is 31.2 Å². The molecule has 0 aliphatic rings. The lowest BCUT2D eigenvalue weighted by atomic mass is 10.1. The molecule has 0 saturated heterocycles. The van der Waals surface area contributed by atoms with Crippen LogP contribution in [0.4, 0.5) is 5.69 Å². The van der Waals surface area contributed by atoms with Crippen molar-refractivity contribution in [3.05, 3.63) is 65.4 Å². The number of nitrogens with one attached hydrogen (secondary N) is 1. The molecule has 0 aliphatic heterocycles. The van der Waals surface area contributed by atoms with Crippen LogP contribution in [0, 0.1) is 6.92 Å². The van der Waals surface area contributed by atoms with E-state index in [1.165, 1.54) is 6.07 Å². The van der Waals surface area contributed by atoms with E-state index in [2.05, 4.69) is 5.32 Å². The summed E-state index contributed by atoms with van der Waals surface area (Å²) in [6, 6.07) is 13.7. The Kier molecular flexibility index (Phi) is 3.39. The quantitative estimate of drug-likeness (QED) is 0.772. The van der Waals surface area contributed by atoms with Crippen molar-refractivity contribution in [1.82, 2.24) is 0 Å². The molecule has 0 bridgehead atoms. The number of fused-ring (bicyclic) bond motifs is 1. The number of rotatable bonds is 3. The number of aromatic carboxylic acids is 1. The first-order valence-corrected chi connectivity index (χ1v) is 6.68. The second-order valence-electron chi connectivity index (χ2n) is 4.96. The normalized spacial score (nSPS) is 10.6. The number of carbonyl (C=O) groups is 2. The van der Waals surface area contributed by atoms with Crippen molar-refractivity contribution in [2.45, 2.75) is 6.92 Å². The van der Waals surface area contributed by atoms with Crippen molar-refractivity contribution in [3.8, 4) is 0 Å². The number of hydrogen-bond acceptors (Lipinski definition) is 3. The third-order valence-electron chi connectivity index (χ3n) is 3.30. The van der Waals surface area contributed by atoms with Crippen LogP contribution < -0.4 is 5.32 Å². The van der Waals surface area contributed by atoms with Crippen molar-refractivity contribution >= 4 is 28.5 Å². The van der Waals surface area contributed by atoms with Crippen LogP contribution in [0.2, 0.25) is 0 Å². The molecule has 0 aliphatic carbocycles. The summed E-state index contributed by atoms with van der Waals surface area (Å²) in [7, 11) is 0. The van der Waals surface area contributed by atoms with Crippen LogP contribution in [0.1, 0.15) is 26.5 Å². The zero-order valence-electron chi connectivity index (χ0n) is 11.8. The number of carbonyl (C=O) groups excluding carboxylic acids is 1. The molecule has 5 heteroatoms. The SMILES string of the molecule is Cc1ccc(NC(=O)c2cc3ccccc3o2)c(C(=O)O)c1. The zero-order valence-corrected chi connectivity index (χ0v) is 11.8. The van der Waals surface area contributed by atoms with Gasteiger partial charge in [-0.3, -0.25) is 4.79 Å². The monoisotopic (exact) mass is 295 g/mol. The first-order chi connectivity index (χ1) is 10.5. The van der Waals surface area contributed by atoms with Gasteiger partial charge in [-0.1, -0.05) is 29.8 Å². The molecule has 1 amide bonds. The molecular weight excluding hydrogens is 282 g/mol.